The highest BCUT2D eigenvalue weighted by Gasteiger charge is 2.29. The second kappa shape index (κ2) is 15.4. The summed E-state index contributed by atoms with van der Waals surface area (Å²) in [5, 5.41) is 0. The third-order valence-electron chi connectivity index (χ3n) is 8.67. The third-order valence-corrected chi connectivity index (χ3v) is 8.67. The van der Waals surface area contributed by atoms with Crippen LogP contribution in [-0.4, -0.2) is 49.0 Å². The number of aryl methyl sites for hydroxylation is 1. The Morgan fingerprint density at radius 2 is 1.83 bits per heavy atom. The molecule has 2 N–H and O–H groups in total. The lowest BCUT2D eigenvalue weighted by atomic mass is 9.80. The Morgan fingerprint density at radius 3 is 2.34 bits per heavy atom. The molecule has 3 rings (SSSR count). The maximum atomic E-state index is 11.4. The van der Waals surface area contributed by atoms with Crippen LogP contribution in [0.3, 0.4) is 0 Å². The molecule has 5 nitrogen and oxygen atoms in total. The standard InChI is InChI=1S/C36H54N4O/c1-9-12-31(27(10-2)21-33(29-15-16-29)34(11-3)39-26(7)38-8)36(24(4)5)32-22-30(14-13-25(32)6)28-17-19-40(20-18-28)23-35(37)41/h10,13-14,21-22,24,28-29H,9,11-12,15-20,23H2,1-8H3,(H2,37,41)/b27-10+,33-21-,36-31+,38-26?,39-34?. The van der Waals surface area contributed by atoms with Gasteiger partial charge in [0.25, 0.3) is 0 Å². The van der Waals surface area contributed by atoms with Gasteiger partial charge in [-0.05, 0) is 135 Å². The van der Waals surface area contributed by atoms with E-state index in [0.29, 0.717) is 24.3 Å². The number of hydrogen-bond acceptors (Lipinski definition) is 3. The number of piperidine rings is 1. The molecule has 1 aliphatic heterocycles. The van der Waals surface area contributed by atoms with E-state index in [1.807, 2.05) is 14.0 Å². The van der Waals surface area contributed by atoms with Crippen molar-refractivity contribution >= 4 is 23.0 Å². The summed E-state index contributed by atoms with van der Waals surface area (Å²) in [7, 11) is 1.82. The number of primary amides is 1. The van der Waals surface area contributed by atoms with Crippen molar-refractivity contribution in [2.24, 2.45) is 27.6 Å². The van der Waals surface area contributed by atoms with Crippen LogP contribution < -0.4 is 5.73 Å². The first-order valence-corrected chi connectivity index (χ1v) is 15.9. The summed E-state index contributed by atoms with van der Waals surface area (Å²) in [6.45, 7) is 17.8. The Labute approximate surface area is 249 Å². The number of benzene rings is 1. The van der Waals surface area contributed by atoms with Gasteiger partial charge >= 0.3 is 0 Å². The van der Waals surface area contributed by atoms with Gasteiger partial charge in [0, 0.05) is 12.8 Å². The van der Waals surface area contributed by atoms with E-state index in [2.05, 4.69) is 81.8 Å². The Hall–Kier alpha value is -2.79. The number of carbonyl (C=O) groups excluding carboxylic acids is 1. The maximum Gasteiger partial charge on any atom is 0.231 e. The van der Waals surface area contributed by atoms with Crippen LogP contribution in [0, 0.1) is 18.8 Å². The second-order valence-corrected chi connectivity index (χ2v) is 12.2. The molecule has 0 spiro atoms. The van der Waals surface area contributed by atoms with Gasteiger partial charge in [0.1, 0.15) is 5.84 Å². The van der Waals surface area contributed by atoms with Crippen molar-refractivity contribution in [1.82, 2.24) is 4.90 Å². The monoisotopic (exact) mass is 558 g/mol. The van der Waals surface area contributed by atoms with Gasteiger partial charge < -0.3 is 5.73 Å². The molecule has 5 heteroatoms. The summed E-state index contributed by atoms with van der Waals surface area (Å²) in [5.41, 5.74) is 16.5. The minimum absolute atomic E-state index is 0.235. The van der Waals surface area contributed by atoms with Crippen LogP contribution >= 0.6 is 0 Å². The average Bonchev–Trinajstić information content (AvgIpc) is 3.79. The molecule has 1 amide bonds. The topological polar surface area (TPSA) is 71.1 Å². The van der Waals surface area contributed by atoms with Gasteiger partial charge in [-0.2, -0.15) is 0 Å². The number of nitrogens with two attached hydrogens (primary N) is 1. The number of amidine groups is 1. The molecule has 0 radical (unpaired) electrons. The molecule has 2 aliphatic rings. The number of amides is 1. The van der Waals surface area contributed by atoms with Crippen molar-refractivity contribution in [2.45, 2.75) is 99.3 Å². The van der Waals surface area contributed by atoms with Gasteiger partial charge in [-0.25, -0.2) is 4.99 Å². The van der Waals surface area contributed by atoms with Crippen LogP contribution in [0.5, 0.6) is 0 Å². The number of aliphatic imine (C=N–C) groups is 2. The van der Waals surface area contributed by atoms with E-state index in [9.17, 15) is 4.79 Å². The fourth-order valence-corrected chi connectivity index (χ4v) is 6.27. The number of rotatable bonds is 12. The number of nitrogens with zero attached hydrogens (tertiary/aromatic N) is 3. The zero-order chi connectivity index (χ0) is 30.1. The Morgan fingerprint density at radius 1 is 1.15 bits per heavy atom. The molecule has 0 bridgehead atoms. The van der Waals surface area contributed by atoms with Crippen LogP contribution in [0.1, 0.15) is 109 Å². The average molecular weight is 559 g/mol. The van der Waals surface area contributed by atoms with E-state index in [4.69, 9.17) is 10.7 Å². The van der Waals surface area contributed by atoms with Gasteiger partial charge in [0.05, 0.1) is 6.54 Å². The zero-order valence-corrected chi connectivity index (χ0v) is 27.0. The predicted molar refractivity (Wildman–Crippen MR) is 177 cm³/mol. The van der Waals surface area contributed by atoms with Crippen molar-refractivity contribution < 1.29 is 4.79 Å². The van der Waals surface area contributed by atoms with Crippen LogP contribution in [0.2, 0.25) is 0 Å². The van der Waals surface area contributed by atoms with Crippen molar-refractivity contribution in [3.05, 3.63) is 63.8 Å². The Kier molecular flexibility index (Phi) is 12.3. The van der Waals surface area contributed by atoms with Gasteiger partial charge in [-0.3, -0.25) is 14.7 Å². The molecule has 1 saturated carbocycles. The normalized spacial score (nSPS) is 19.1. The maximum absolute atomic E-state index is 11.4. The lowest BCUT2D eigenvalue weighted by molar-refractivity contribution is -0.119. The van der Waals surface area contributed by atoms with E-state index in [0.717, 1.165) is 51.0 Å². The first-order valence-electron chi connectivity index (χ1n) is 15.9. The second-order valence-electron chi connectivity index (χ2n) is 12.2. The van der Waals surface area contributed by atoms with E-state index in [-0.39, 0.29) is 5.91 Å². The van der Waals surface area contributed by atoms with E-state index in [1.54, 1.807) is 0 Å². The molecule has 1 saturated heterocycles. The summed E-state index contributed by atoms with van der Waals surface area (Å²) in [6, 6.07) is 7.13. The summed E-state index contributed by atoms with van der Waals surface area (Å²) in [6.07, 6.45) is 12.4. The van der Waals surface area contributed by atoms with Crippen LogP contribution in [0.25, 0.3) is 5.57 Å². The summed E-state index contributed by atoms with van der Waals surface area (Å²) >= 11 is 0. The molecule has 0 unspecified atom stereocenters. The van der Waals surface area contributed by atoms with Crippen molar-refractivity contribution in [2.75, 3.05) is 26.7 Å². The summed E-state index contributed by atoms with van der Waals surface area (Å²) in [4.78, 5) is 22.9. The fourth-order valence-electron chi connectivity index (χ4n) is 6.27. The SMILES string of the molecule is C/C=C(\C=C(/C(CC)=NC(C)=NC)C1CC1)C(/CCC)=C(/c1cc(C2CCN(CC(N)=O)CC2)ccc1C)C(C)C. The lowest BCUT2D eigenvalue weighted by Gasteiger charge is -2.32. The number of hydrogen-bond donors (Lipinski definition) is 1. The molecule has 1 aromatic carbocycles. The molecular formula is C36H54N4O. The number of allylic oxidation sites excluding steroid dienone is 6. The van der Waals surface area contributed by atoms with Crippen LogP contribution in [-0.2, 0) is 4.79 Å². The smallest absolute Gasteiger partial charge is 0.231 e. The quantitative estimate of drug-likeness (QED) is 0.160. The van der Waals surface area contributed by atoms with E-state index in [1.165, 1.54) is 57.5 Å². The molecule has 2 fully saturated rings. The lowest BCUT2D eigenvalue weighted by Crippen LogP contribution is -2.39. The minimum Gasteiger partial charge on any atom is -0.369 e. The molecule has 224 valence electrons. The third kappa shape index (κ3) is 8.85. The summed E-state index contributed by atoms with van der Waals surface area (Å²) < 4.78 is 0. The molecule has 1 aromatic rings. The van der Waals surface area contributed by atoms with Gasteiger partial charge in [-0.1, -0.05) is 58.4 Å². The van der Waals surface area contributed by atoms with Crippen LogP contribution in [0.4, 0.5) is 0 Å². The van der Waals surface area contributed by atoms with Crippen molar-refractivity contribution in [1.29, 1.82) is 0 Å². The molecular weight excluding hydrogens is 504 g/mol. The van der Waals surface area contributed by atoms with E-state index < -0.39 is 0 Å². The first-order chi connectivity index (χ1) is 19.6. The Bertz CT molecular complexity index is 1220. The Balaban J connectivity index is 2.09. The molecule has 41 heavy (non-hydrogen) atoms. The van der Waals surface area contributed by atoms with Crippen molar-refractivity contribution in [3.63, 3.8) is 0 Å². The highest BCUT2D eigenvalue weighted by atomic mass is 16.1. The molecule has 1 aliphatic carbocycles. The van der Waals surface area contributed by atoms with Gasteiger partial charge in [-0.15, -0.1) is 0 Å². The minimum atomic E-state index is -0.235. The fraction of sp³-hybridized carbons (Fsp3) is 0.583. The number of likely N-dealkylation sites (tertiary alicyclic amines) is 1. The van der Waals surface area contributed by atoms with E-state index >= 15 is 0 Å². The highest BCUT2D eigenvalue weighted by Crippen LogP contribution is 2.42. The largest absolute Gasteiger partial charge is 0.369 e. The van der Waals surface area contributed by atoms with Crippen molar-refractivity contribution in [3.8, 4) is 0 Å². The molecule has 0 atom stereocenters. The zero-order valence-electron chi connectivity index (χ0n) is 27.0. The van der Waals surface area contributed by atoms with Gasteiger partial charge in [0.2, 0.25) is 5.91 Å². The van der Waals surface area contributed by atoms with Crippen LogP contribution in [0.15, 0.2) is 57.1 Å². The molecule has 1 heterocycles. The predicted octanol–water partition coefficient (Wildman–Crippen LogP) is 8.05. The molecule has 0 aromatic heterocycles. The summed E-state index contributed by atoms with van der Waals surface area (Å²) in [5.74, 6) is 2.11. The first kappa shape index (κ1) is 32.7. The highest BCUT2D eigenvalue weighted by molar-refractivity contribution is 6.07. The van der Waals surface area contributed by atoms with Gasteiger partial charge in [0.15, 0.2) is 0 Å². The number of carbonyl (C=O) groups is 1.